The van der Waals surface area contributed by atoms with Gasteiger partial charge in [-0.3, -0.25) is 10.00 Å². The topological polar surface area (TPSA) is 56.1 Å². The van der Waals surface area contributed by atoms with Crippen LogP contribution in [0.1, 0.15) is 5.69 Å². The van der Waals surface area contributed by atoms with Gasteiger partial charge in [-0.15, -0.1) is 0 Å². The van der Waals surface area contributed by atoms with Crippen LogP contribution in [0.4, 0.5) is 36.8 Å². The number of carbonyl (C=O) groups is 1. The zero-order valence-corrected chi connectivity index (χ0v) is 14.5. The molecule has 0 aliphatic rings. The normalized spacial score (nSPS) is 11.4. The average Bonchev–Trinajstić information content (AvgIpc) is 3.00. The summed E-state index contributed by atoms with van der Waals surface area (Å²) in [6.07, 6.45) is -5.28. The van der Waals surface area contributed by atoms with Gasteiger partial charge in [-0.25, -0.2) is 18.0 Å². The molecule has 11 heteroatoms. The molecule has 0 unspecified atom stereocenters. The zero-order valence-electron chi connectivity index (χ0n) is 14.5. The molecule has 0 fully saturated rings. The molecule has 2 aromatic carbocycles. The summed E-state index contributed by atoms with van der Waals surface area (Å²) in [5.41, 5.74) is -1.44. The van der Waals surface area contributed by atoms with E-state index in [2.05, 4.69) is 10.4 Å². The second-order valence-electron chi connectivity index (χ2n) is 5.83. The van der Waals surface area contributed by atoms with Gasteiger partial charge in [0, 0.05) is 12.6 Å². The van der Waals surface area contributed by atoms with Gasteiger partial charge in [0.1, 0.15) is 0 Å². The SMILES string of the molecule is Cn1cc(OC(=O)Nc2ccccc2-c2cc(F)c(F)c(F)c2)c(C(F)(F)F)n1. The van der Waals surface area contributed by atoms with E-state index in [1.165, 1.54) is 31.3 Å². The molecule has 0 aliphatic carbocycles. The second kappa shape index (κ2) is 7.49. The molecule has 1 N–H and O–H groups in total. The minimum atomic E-state index is -4.85. The van der Waals surface area contributed by atoms with E-state index in [1.54, 1.807) is 0 Å². The van der Waals surface area contributed by atoms with Crippen molar-refractivity contribution in [2.75, 3.05) is 5.32 Å². The lowest BCUT2D eigenvalue weighted by molar-refractivity contribution is -0.142. The molecule has 0 radical (unpaired) electrons. The zero-order chi connectivity index (χ0) is 21.3. The predicted octanol–water partition coefficient (Wildman–Crippen LogP) is 5.13. The second-order valence-corrected chi connectivity index (χ2v) is 5.83. The van der Waals surface area contributed by atoms with Gasteiger partial charge in [0.05, 0.1) is 11.9 Å². The first kappa shape index (κ1) is 20.2. The van der Waals surface area contributed by atoms with Gasteiger partial charge in [-0.2, -0.15) is 18.3 Å². The monoisotopic (exact) mass is 415 g/mol. The number of carbonyl (C=O) groups excluding carboxylic acids is 1. The Labute approximate surface area is 159 Å². The average molecular weight is 415 g/mol. The third kappa shape index (κ3) is 4.33. The number of benzene rings is 2. The van der Waals surface area contributed by atoms with Crippen LogP contribution < -0.4 is 10.1 Å². The number of alkyl halides is 3. The maximum absolute atomic E-state index is 13.5. The third-order valence-electron chi connectivity index (χ3n) is 3.72. The lowest BCUT2D eigenvalue weighted by atomic mass is 10.0. The molecule has 0 aliphatic heterocycles. The molecule has 1 heterocycles. The molecule has 152 valence electrons. The van der Waals surface area contributed by atoms with Crippen molar-refractivity contribution >= 4 is 11.8 Å². The number of halogens is 6. The van der Waals surface area contributed by atoms with E-state index in [4.69, 9.17) is 4.74 Å². The number of hydrogen-bond donors (Lipinski definition) is 1. The van der Waals surface area contributed by atoms with Gasteiger partial charge in [-0.1, -0.05) is 18.2 Å². The number of anilines is 1. The van der Waals surface area contributed by atoms with E-state index in [-0.39, 0.29) is 16.8 Å². The Bertz CT molecular complexity index is 1050. The molecule has 29 heavy (non-hydrogen) atoms. The summed E-state index contributed by atoms with van der Waals surface area (Å²) in [5.74, 6) is -5.37. The van der Waals surface area contributed by atoms with Gasteiger partial charge in [0.2, 0.25) is 5.69 Å². The molecule has 1 amide bonds. The summed E-state index contributed by atoms with van der Waals surface area (Å²) in [5, 5.41) is 5.40. The van der Waals surface area contributed by atoms with Crippen molar-refractivity contribution in [3.8, 4) is 16.9 Å². The number of ether oxygens (including phenoxy) is 1. The molecule has 0 atom stereocenters. The Morgan fingerprint density at radius 2 is 1.72 bits per heavy atom. The number of aryl methyl sites for hydroxylation is 1. The van der Waals surface area contributed by atoms with Crippen molar-refractivity contribution in [1.82, 2.24) is 9.78 Å². The van der Waals surface area contributed by atoms with Gasteiger partial charge in [0.25, 0.3) is 0 Å². The van der Waals surface area contributed by atoms with Crippen molar-refractivity contribution in [3.05, 3.63) is 65.7 Å². The van der Waals surface area contributed by atoms with E-state index < -0.39 is 41.2 Å². The Hall–Kier alpha value is -3.50. The van der Waals surface area contributed by atoms with Gasteiger partial charge in [0.15, 0.2) is 23.2 Å². The molecule has 0 spiro atoms. The van der Waals surface area contributed by atoms with E-state index in [9.17, 15) is 31.1 Å². The fourth-order valence-electron chi connectivity index (χ4n) is 2.53. The maximum atomic E-state index is 13.5. The minimum Gasteiger partial charge on any atom is -0.406 e. The van der Waals surface area contributed by atoms with Crippen molar-refractivity contribution in [2.45, 2.75) is 6.18 Å². The largest absolute Gasteiger partial charge is 0.438 e. The van der Waals surface area contributed by atoms with Crippen molar-refractivity contribution < 1.29 is 35.9 Å². The van der Waals surface area contributed by atoms with Gasteiger partial charge < -0.3 is 4.74 Å². The first-order valence-corrected chi connectivity index (χ1v) is 7.90. The number of nitrogens with one attached hydrogen (secondary N) is 1. The number of para-hydroxylation sites is 1. The fourth-order valence-corrected chi connectivity index (χ4v) is 2.53. The molecule has 0 saturated carbocycles. The van der Waals surface area contributed by atoms with Crippen LogP contribution in [0.15, 0.2) is 42.6 Å². The Balaban J connectivity index is 1.88. The van der Waals surface area contributed by atoms with Crippen LogP contribution in [0.2, 0.25) is 0 Å². The fraction of sp³-hybridized carbons (Fsp3) is 0.111. The number of rotatable bonds is 3. The lowest BCUT2D eigenvalue weighted by Gasteiger charge is -2.12. The smallest absolute Gasteiger partial charge is 0.406 e. The molecule has 3 rings (SSSR count). The van der Waals surface area contributed by atoms with Crippen LogP contribution in [0.25, 0.3) is 11.1 Å². The molecular formula is C18H11F6N3O2. The standard InChI is InChI=1S/C18H11F6N3O2/c1-27-8-14(16(26-27)18(22,23)24)29-17(28)25-13-5-3-2-4-10(13)9-6-11(19)15(21)12(20)7-9/h2-8H,1H3,(H,25,28). The van der Waals surface area contributed by atoms with Crippen molar-refractivity contribution in [1.29, 1.82) is 0 Å². The third-order valence-corrected chi connectivity index (χ3v) is 3.72. The lowest BCUT2D eigenvalue weighted by Crippen LogP contribution is -2.19. The van der Waals surface area contributed by atoms with Crippen LogP contribution in [0, 0.1) is 17.5 Å². The highest BCUT2D eigenvalue weighted by atomic mass is 19.4. The van der Waals surface area contributed by atoms with Crippen molar-refractivity contribution in [2.24, 2.45) is 7.05 Å². The minimum absolute atomic E-state index is 0.0274. The van der Waals surface area contributed by atoms with Crippen LogP contribution in [-0.2, 0) is 13.2 Å². The summed E-state index contributed by atoms with van der Waals surface area (Å²) in [7, 11) is 1.22. The summed E-state index contributed by atoms with van der Waals surface area (Å²) in [6, 6.07) is 7.06. The molecule has 5 nitrogen and oxygen atoms in total. The Morgan fingerprint density at radius 3 is 2.34 bits per heavy atom. The summed E-state index contributed by atoms with van der Waals surface area (Å²) >= 11 is 0. The predicted molar refractivity (Wildman–Crippen MR) is 89.6 cm³/mol. The molecule has 0 saturated heterocycles. The first-order valence-electron chi connectivity index (χ1n) is 7.90. The van der Waals surface area contributed by atoms with Gasteiger partial charge in [-0.05, 0) is 23.8 Å². The van der Waals surface area contributed by atoms with Crippen LogP contribution >= 0.6 is 0 Å². The van der Waals surface area contributed by atoms with Crippen molar-refractivity contribution in [3.63, 3.8) is 0 Å². The quantitative estimate of drug-likeness (QED) is 0.477. The molecule has 1 aromatic heterocycles. The number of amides is 1. The first-order chi connectivity index (χ1) is 13.6. The van der Waals surface area contributed by atoms with E-state index in [1.807, 2.05) is 0 Å². The molecular weight excluding hydrogens is 404 g/mol. The highest BCUT2D eigenvalue weighted by molar-refractivity contribution is 5.92. The van der Waals surface area contributed by atoms with E-state index in [0.717, 1.165) is 10.9 Å². The summed E-state index contributed by atoms with van der Waals surface area (Å²) < 4.78 is 84.6. The van der Waals surface area contributed by atoms with Crippen LogP contribution in [0.5, 0.6) is 5.75 Å². The van der Waals surface area contributed by atoms with Gasteiger partial charge >= 0.3 is 12.3 Å². The van der Waals surface area contributed by atoms with E-state index in [0.29, 0.717) is 12.1 Å². The van der Waals surface area contributed by atoms with Crippen LogP contribution in [0.3, 0.4) is 0 Å². The number of hydrogen-bond acceptors (Lipinski definition) is 3. The maximum Gasteiger partial charge on any atom is 0.438 e. The highest BCUT2D eigenvalue weighted by Crippen LogP contribution is 2.35. The summed E-state index contributed by atoms with van der Waals surface area (Å²) in [4.78, 5) is 12.1. The Morgan fingerprint density at radius 1 is 1.10 bits per heavy atom. The van der Waals surface area contributed by atoms with Crippen LogP contribution in [-0.4, -0.2) is 15.9 Å². The number of aromatic nitrogens is 2. The Kier molecular flexibility index (Phi) is 5.23. The summed E-state index contributed by atoms with van der Waals surface area (Å²) in [6.45, 7) is 0. The van der Waals surface area contributed by atoms with E-state index >= 15 is 0 Å². The molecule has 3 aromatic rings. The number of nitrogens with zero attached hydrogens (tertiary/aromatic N) is 2. The highest BCUT2D eigenvalue weighted by Gasteiger charge is 2.38. The molecule has 0 bridgehead atoms.